The number of carbonyl (C=O) groups is 1. The zero-order valence-corrected chi connectivity index (χ0v) is 16.0. The number of nitrogens with zero attached hydrogens (tertiary/aromatic N) is 2. The summed E-state index contributed by atoms with van der Waals surface area (Å²) in [7, 11) is 0. The number of aromatic nitrogens is 2. The molecule has 0 bridgehead atoms. The van der Waals surface area contributed by atoms with Gasteiger partial charge in [0.15, 0.2) is 16.6 Å². The van der Waals surface area contributed by atoms with Crippen molar-refractivity contribution in [2.75, 3.05) is 6.79 Å². The van der Waals surface area contributed by atoms with Gasteiger partial charge in [0.05, 0.1) is 16.6 Å². The second kappa shape index (κ2) is 7.31. The van der Waals surface area contributed by atoms with Gasteiger partial charge in [-0.1, -0.05) is 11.2 Å². The molecule has 0 unspecified atom stereocenters. The molecule has 2 aromatic heterocycles. The minimum absolute atomic E-state index is 0.228. The summed E-state index contributed by atoms with van der Waals surface area (Å²) >= 11 is 5.22. The van der Waals surface area contributed by atoms with E-state index in [1.165, 1.54) is 0 Å². The SMILES string of the molecule is Cc1cc(C(=O)NNC(=S)NCc2ccc3c(c2)OCO3)c2c(C)noc2n1. The number of carbonyl (C=O) groups excluding carboxylic acids is 1. The van der Waals surface area contributed by atoms with Crippen LogP contribution in [0.15, 0.2) is 28.8 Å². The number of nitrogens with one attached hydrogen (secondary N) is 3. The molecular formula is C18H17N5O4S. The molecule has 4 rings (SSSR count). The molecule has 3 heterocycles. The minimum Gasteiger partial charge on any atom is -0.454 e. The Kier molecular flexibility index (Phi) is 4.70. The number of thiocarbonyl (C=S) groups is 1. The maximum atomic E-state index is 12.6. The third kappa shape index (κ3) is 3.54. The van der Waals surface area contributed by atoms with Gasteiger partial charge in [-0.15, -0.1) is 0 Å². The molecule has 0 aliphatic carbocycles. The van der Waals surface area contributed by atoms with E-state index in [1.807, 2.05) is 18.2 Å². The number of hydrogen-bond donors (Lipinski definition) is 3. The Morgan fingerprint density at radius 2 is 2.00 bits per heavy atom. The fourth-order valence-electron chi connectivity index (χ4n) is 2.86. The van der Waals surface area contributed by atoms with Crippen molar-refractivity contribution in [2.45, 2.75) is 20.4 Å². The number of amides is 1. The first-order chi connectivity index (χ1) is 13.5. The summed E-state index contributed by atoms with van der Waals surface area (Å²) in [5.74, 6) is 1.06. The molecule has 1 aromatic carbocycles. The lowest BCUT2D eigenvalue weighted by molar-refractivity contribution is 0.0945. The average Bonchev–Trinajstić information content (AvgIpc) is 3.30. The van der Waals surface area contributed by atoms with Crippen molar-refractivity contribution in [2.24, 2.45) is 0 Å². The molecular weight excluding hydrogens is 382 g/mol. The van der Waals surface area contributed by atoms with Crippen LogP contribution < -0.4 is 25.6 Å². The predicted molar refractivity (Wildman–Crippen MR) is 104 cm³/mol. The van der Waals surface area contributed by atoms with E-state index in [9.17, 15) is 4.79 Å². The number of ether oxygens (including phenoxy) is 2. The molecule has 1 aliphatic heterocycles. The fourth-order valence-corrected chi connectivity index (χ4v) is 2.98. The molecule has 0 saturated carbocycles. The van der Waals surface area contributed by atoms with E-state index in [4.69, 9.17) is 26.2 Å². The Balaban J connectivity index is 1.36. The van der Waals surface area contributed by atoms with Crippen LogP contribution in [0, 0.1) is 13.8 Å². The normalized spacial score (nSPS) is 12.1. The summed E-state index contributed by atoms with van der Waals surface area (Å²) in [5.41, 5.74) is 8.21. The van der Waals surface area contributed by atoms with Gasteiger partial charge in [-0.2, -0.15) is 0 Å². The largest absolute Gasteiger partial charge is 0.454 e. The molecule has 3 N–H and O–H groups in total. The second-order valence-electron chi connectivity index (χ2n) is 6.21. The number of hydrazine groups is 1. The third-order valence-corrected chi connectivity index (χ3v) is 4.42. The molecule has 10 heteroatoms. The number of fused-ring (bicyclic) bond motifs is 2. The van der Waals surface area contributed by atoms with Crippen molar-refractivity contribution >= 4 is 34.3 Å². The van der Waals surface area contributed by atoms with Crippen molar-refractivity contribution in [3.8, 4) is 11.5 Å². The molecule has 0 radical (unpaired) electrons. The Hall–Kier alpha value is -3.40. The van der Waals surface area contributed by atoms with Gasteiger partial charge in [-0.25, -0.2) is 4.98 Å². The number of aryl methyl sites for hydroxylation is 2. The van der Waals surface area contributed by atoms with Crippen molar-refractivity contribution in [1.82, 2.24) is 26.3 Å². The molecule has 9 nitrogen and oxygen atoms in total. The lowest BCUT2D eigenvalue weighted by Crippen LogP contribution is -2.46. The van der Waals surface area contributed by atoms with Gasteiger partial charge >= 0.3 is 0 Å². The van der Waals surface area contributed by atoms with Crippen LogP contribution in [0.4, 0.5) is 0 Å². The molecule has 0 atom stereocenters. The number of rotatable bonds is 3. The minimum atomic E-state index is -0.367. The predicted octanol–water partition coefficient (Wildman–Crippen LogP) is 1.88. The first kappa shape index (κ1) is 18.0. The highest BCUT2D eigenvalue weighted by molar-refractivity contribution is 7.80. The van der Waals surface area contributed by atoms with Gasteiger partial charge in [0.1, 0.15) is 0 Å². The quantitative estimate of drug-likeness (QED) is 0.449. The molecule has 144 valence electrons. The first-order valence-corrected chi connectivity index (χ1v) is 8.88. The highest BCUT2D eigenvalue weighted by atomic mass is 32.1. The van der Waals surface area contributed by atoms with E-state index in [0.717, 1.165) is 11.3 Å². The highest BCUT2D eigenvalue weighted by Gasteiger charge is 2.18. The lowest BCUT2D eigenvalue weighted by Gasteiger charge is -2.12. The van der Waals surface area contributed by atoms with Gasteiger partial charge < -0.3 is 19.3 Å². The average molecular weight is 399 g/mol. The van der Waals surface area contributed by atoms with Crippen molar-refractivity contribution < 1.29 is 18.8 Å². The van der Waals surface area contributed by atoms with Crippen LogP contribution >= 0.6 is 12.2 Å². The maximum absolute atomic E-state index is 12.6. The molecule has 1 amide bonds. The lowest BCUT2D eigenvalue weighted by atomic mass is 10.1. The van der Waals surface area contributed by atoms with Gasteiger partial charge in [-0.05, 0) is 49.8 Å². The van der Waals surface area contributed by atoms with Crippen LogP contribution in [0.1, 0.15) is 27.3 Å². The van der Waals surface area contributed by atoms with Crippen molar-refractivity contribution in [3.05, 3.63) is 46.8 Å². The molecule has 3 aromatic rings. The van der Waals surface area contributed by atoms with Gasteiger partial charge in [0.25, 0.3) is 11.6 Å². The Morgan fingerprint density at radius 1 is 1.18 bits per heavy atom. The molecule has 0 fully saturated rings. The van der Waals surface area contributed by atoms with Crippen LogP contribution in [0.2, 0.25) is 0 Å². The van der Waals surface area contributed by atoms with Gasteiger partial charge in [0.2, 0.25) is 6.79 Å². The van der Waals surface area contributed by atoms with Crippen LogP contribution in [0.3, 0.4) is 0 Å². The smallest absolute Gasteiger partial charge is 0.270 e. The Labute approximate surface area is 165 Å². The Bertz CT molecular complexity index is 1080. The van der Waals surface area contributed by atoms with Crippen LogP contribution in [-0.4, -0.2) is 28.0 Å². The maximum Gasteiger partial charge on any atom is 0.270 e. The van der Waals surface area contributed by atoms with E-state index in [-0.39, 0.29) is 17.8 Å². The molecule has 1 aliphatic rings. The summed E-state index contributed by atoms with van der Waals surface area (Å²) < 4.78 is 15.8. The zero-order valence-electron chi connectivity index (χ0n) is 15.2. The van der Waals surface area contributed by atoms with E-state index < -0.39 is 0 Å². The van der Waals surface area contributed by atoms with Crippen molar-refractivity contribution in [1.29, 1.82) is 0 Å². The van der Waals surface area contributed by atoms with E-state index in [0.29, 0.717) is 40.3 Å². The summed E-state index contributed by atoms with van der Waals surface area (Å²) in [6.07, 6.45) is 0. The van der Waals surface area contributed by atoms with Crippen molar-refractivity contribution in [3.63, 3.8) is 0 Å². The fraction of sp³-hybridized carbons (Fsp3) is 0.222. The zero-order chi connectivity index (χ0) is 19.7. The van der Waals surface area contributed by atoms with Crippen LogP contribution in [-0.2, 0) is 6.54 Å². The number of pyridine rings is 1. The standard InChI is InChI=1S/C18H17N5O4S/c1-9-5-12(15-10(2)23-27-17(15)20-9)16(24)21-22-18(28)19-7-11-3-4-13-14(6-11)26-8-25-13/h3-6H,7-8H2,1-2H3,(H,21,24)(H2,19,22,28). The topological polar surface area (TPSA) is 111 Å². The summed E-state index contributed by atoms with van der Waals surface area (Å²) in [5, 5.41) is 7.73. The number of benzene rings is 1. The third-order valence-electron chi connectivity index (χ3n) is 4.17. The van der Waals surface area contributed by atoms with E-state index >= 15 is 0 Å². The van der Waals surface area contributed by atoms with E-state index in [1.54, 1.807) is 19.9 Å². The van der Waals surface area contributed by atoms with Gasteiger partial charge in [-0.3, -0.25) is 15.6 Å². The molecule has 28 heavy (non-hydrogen) atoms. The van der Waals surface area contributed by atoms with Gasteiger partial charge in [0, 0.05) is 12.2 Å². The van der Waals surface area contributed by atoms with E-state index in [2.05, 4.69) is 26.3 Å². The van der Waals surface area contributed by atoms with Crippen LogP contribution in [0.25, 0.3) is 11.1 Å². The monoisotopic (exact) mass is 399 g/mol. The summed E-state index contributed by atoms with van der Waals surface area (Å²) in [6.45, 7) is 4.22. The van der Waals surface area contributed by atoms with Crippen LogP contribution in [0.5, 0.6) is 11.5 Å². The Morgan fingerprint density at radius 3 is 2.86 bits per heavy atom. The summed E-state index contributed by atoms with van der Waals surface area (Å²) in [6, 6.07) is 7.30. The molecule has 0 saturated heterocycles. The highest BCUT2D eigenvalue weighted by Crippen LogP contribution is 2.32. The number of hydrogen-bond acceptors (Lipinski definition) is 7. The second-order valence-corrected chi connectivity index (χ2v) is 6.62. The molecule has 0 spiro atoms. The first-order valence-electron chi connectivity index (χ1n) is 8.47. The summed E-state index contributed by atoms with van der Waals surface area (Å²) in [4.78, 5) is 16.8.